The molecule has 13 nitrogen and oxygen atoms in total. The Balaban J connectivity index is 0.000000174. The van der Waals surface area contributed by atoms with E-state index in [0.717, 1.165) is 78.8 Å². The molecule has 6 aliphatic rings. The van der Waals surface area contributed by atoms with Gasteiger partial charge in [-0.1, -0.05) is 19.9 Å². The molecule has 17 heteroatoms. The second kappa shape index (κ2) is 17.7. The number of alkyl halides is 2. The quantitative estimate of drug-likeness (QED) is 0.109. The van der Waals surface area contributed by atoms with E-state index in [9.17, 15) is 28.0 Å². The summed E-state index contributed by atoms with van der Waals surface area (Å²) < 4.78 is 64.6. The fraction of sp³-hybridized carbons (Fsp3) is 0.521. The van der Waals surface area contributed by atoms with Crippen LogP contribution in [-0.2, 0) is 27.3 Å². The minimum absolute atomic E-state index is 0.0965. The molecule has 6 heterocycles. The number of ether oxygens (including phenoxy) is 1. The number of rotatable bonds is 11. The number of carbonyl (C=O) groups excluding carboxylic acids is 4. The van der Waals surface area contributed by atoms with Crippen molar-refractivity contribution in [2.75, 3.05) is 49.5 Å². The highest BCUT2D eigenvalue weighted by Crippen LogP contribution is 2.50. The summed E-state index contributed by atoms with van der Waals surface area (Å²) in [5.41, 5.74) is 5.17. The standard InChI is InChI=1S/C28H31F4N5O.C20H25N3O4/c1-15-5-20-19(3-4-24-21(20)10-33-35-24)27(37(15)12-25(31)32)26-22(29)6-17(7-23(26)30)34-18-8-28(9-18)13-36(14-28)11-16(2)38;1-3-7-22-13(4-2)11-27-17-9-14-12(8-16(17)22)10-23(20(14)26)15-5-6-18(24)21-19(15)25/h3-4,6-7,10,15,18,25,27,34H,5,8-9,11-14H2,1-2H3,(H,33,35);8-9,13,15H,3-7,10-11H2,1-2H3,(H,21,24,25)/t15?,27-;13-,15?/m00/s1. The number of hydrogen-bond acceptors (Lipinski definition) is 10. The smallest absolute Gasteiger partial charge is 0.255 e. The number of halogens is 4. The van der Waals surface area contributed by atoms with Crippen LogP contribution in [0.5, 0.6) is 5.75 Å². The number of aromatic nitrogens is 2. The maximum absolute atomic E-state index is 15.7. The largest absolute Gasteiger partial charge is 0.489 e. The minimum Gasteiger partial charge on any atom is -0.489 e. The number of aromatic amines is 1. The first-order chi connectivity index (χ1) is 31.1. The van der Waals surface area contributed by atoms with Crippen molar-refractivity contribution in [1.29, 1.82) is 0 Å². The predicted molar refractivity (Wildman–Crippen MR) is 236 cm³/mol. The lowest BCUT2D eigenvalue weighted by Gasteiger charge is -2.59. The van der Waals surface area contributed by atoms with E-state index in [4.69, 9.17) is 4.74 Å². The Labute approximate surface area is 375 Å². The maximum Gasteiger partial charge on any atom is 0.255 e. The van der Waals surface area contributed by atoms with Crippen LogP contribution in [0.1, 0.15) is 105 Å². The van der Waals surface area contributed by atoms with Gasteiger partial charge in [0.05, 0.1) is 42.6 Å². The molecule has 1 saturated carbocycles. The lowest BCUT2D eigenvalue weighted by Crippen LogP contribution is -2.65. The highest BCUT2D eigenvalue weighted by molar-refractivity contribution is 6.06. The van der Waals surface area contributed by atoms with E-state index >= 15 is 8.78 Å². The van der Waals surface area contributed by atoms with Gasteiger partial charge < -0.3 is 19.9 Å². The van der Waals surface area contributed by atoms with Crippen LogP contribution in [0.3, 0.4) is 0 Å². The molecule has 3 amide bonds. The summed E-state index contributed by atoms with van der Waals surface area (Å²) in [6.45, 7) is 11.3. The van der Waals surface area contributed by atoms with Gasteiger partial charge in [0.1, 0.15) is 35.8 Å². The highest BCUT2D eigenvalue weighted by atomic mass is 19.3. The van der Waals surface area contributed by atoms with Crippen LogP contribution in [0.15, 0.2) is 42.6 Å². The summed E-state index contributed by atoms with van der Waals surface area (Å²) >= 11 is 0. The van der Waals surface area contributed by atoms with Crippen LogP contribution in [0.4, 0.5) is 28.9 Å². The van der Waals surface area contributed by atoms with Crippen molar-refractivity contribution in [2.45, 2.75) is 116 Å². The molecule has 1 aromatic heterocycles. The number of imide groups is 1. The van der Waals surface area contributed by atoms with E-state index in [1.165, 1.54) is 17.0 Å². The molecular formula is C48H56F4N8O5. The molecule has 0 bridgehead atoms. The summed E-state index contributed by atoms with van der Waals surface area (Å²) in [7, 11) is 0. The number of benzene rings is 3. The number of H-pyrrole nitrogens is 1. The number of Topliss-reactive ketones (excluding diaryl/α,β-unsaturated/α-hetero) is 1. The third kappa shape index (κ3) is 8.45. The number of nitrogens with one attached hydrogen (secondary N) is 3. The van der Waals surface area contributed by atoms with Gasteiger partial charge in [0.2, 0.25) is 11.8 Å². The number of piperidine rings is 1. The van der Waals surface area contributed by atoms with E-state index in [1.807, 2.05) is 19.1 Å². The first kappa shape index (κ1) is 44.6. The van der Waals surface area contributed by atoms with E-state index in [2.05, 4.69) is 44.5 Å². The monoisotopic (exact) mass is 900 g/mol. The Morgan fingerprint density at radius 2 is 1.82 bits per heavy atom. The van der Waals surface area contributed by atoms with Gasteiger partial charge in [0, 0.05) is 66.9 Å². The molecule has 10 rings (SSSR count). The van der Waals surface area contributed by atoms with Crippen molar-refractivity contribution < 1.29 is 41.5 Å². The summed E-state index contributed by atoms with van der Waals surface area (Å²) in [5.74, 6) is -1.44. The molecule has 346 valence electrons. The number of carbonyl (C=O) groups is 4. The van der Waals surface area contributed by atoms with E-state index in [0.29, 0.717) is 55.4 Å². The van der Waals surface area contributed by atoms with Crippen molar-refractivity contribution in [3.05, 3.63) is 82.0 Å². The average Bonchev–Trinajstić information content (AvgIpc) is 3.84. The Bertz CT molecular complexity index is 2500. The number of hydrogen-bond donors (Lipinski definition) is 3. The predicted octanol–water partition coefficient (Wildman–Crippen LogP) is 6.74. The first-order valence-electron chi connectivity index (χ1n) is 22.8. The van der Waals surface area contributed by atoms with E-state index < -0.39 is 36.7 Å². The zero-order chi connectivity index (χ0) is 45.9. The van der Waals surface area contributed by atoms with Crippen LogP contribution < -0.4 is 20.3 Å². The minimum atomic E-state index is -2.64. The zero-order valence-corrected chi connectivity index (χ0v) is 37.2. The first-order valence-corrected chi connectivity index (χ1v) is 22.8. The molecule has 3 N–H and O–H groups in total. The zero-order valence-electron chi connectivity index (χ0n) is 37.2. The van der Waals surface area contributed by atoms with Gasteiger partial charge >= 0.3 is 0 Å². The lowest BCUT2D eigenvalue weighted by atomic mass is 9.60. The molecular weight excluding hydrogens is 845 g/mol. The van der Waals surface area contributed by atoms with Gasteiger partial charge in [-0.15, -0.1) is 0 Å². The number of ketones is 1. The Morgan fingerprint density at radius 1 is 1.06 bits per heavy atom. The van der Waals surface area contributed by atoms with Crippen LogP contribution in [0, 0.1) is 17.0 Å². The van der Waals surface area contributed by atoms with Gasteiger partial charge in [-0.25, -0.2) is 17.6 Å². The Morgan fingerprint density at radius 3 is 2.49 bits per heavy atom. The molecule has 65 heavy (non-hydrogen) atoms. The van der Waals surface area contributed by atoms with Crippen molar-refractivity contribution in [3.8, 4) is 5.75 Å². The number of likely N-dealkylation sites (tertiary alicyclic amines) is 1. The average molecular weight is 901 g/mol. The van der Waals surface area contributed by atoms with E-state index in [-0.39, 0.29) is 53.0 Å². The number of nitrogens with zero attached hydrogens (tertiary/aromatic N) is 5. The molecule has 1 aliphatic carbocycles. The van der Waals surface area contributed by atoms with Gasteiger partial charge in [0.15, 0.2) is 0 Å². The maximum atomic E-state index is 15.7. The van der Waals surface area contributed by atoms with Crippen molar-refractivity contribution in [2.24, 2.45) is 5.41 Å². The second-order valence-electron chi connectivity index (χ2n) is 18.9. The molecule has 3 fully saturated rings. The number of amides is 3. The van der Waals surface area contributed by atoms with Crippen molar-refractivity contribution >= 4 is 45.8 Å². The fourth-order valence-corrected chi connectivity index (χ4v) is 11.3. The van der Waals surface area contributed by atoms with Gasteiger partial charge in [-0.2, -0.15) is 5.10 Å². The molecule has 2 saturated heterocycles. The van der Waals surface area contributed by atoms with Crippen LogP contribution in [-0.4, -0.2) is 118 Å². The molecule has 4 atom stereocenters. The third-order valence-corrected chi connectivity index (χ3v) is 14.2. The third-order valence-electron chi connectivity index (χ3n) is 14.2. The second-order valence-corrected chi connectivity index (χ2v) is 18.9. The van der Waals surface area contributed by atoms with Crippen LogP contribution in [0.25, 0.3) is 10.9 Å². The van der Waals surface area contributed by atoms with Crippen LogP contribution in [0.2, 0.25) is 0 Å². The molecule has 4 aromatic rings. The topological polar surface area (TPSA) is 143 Å². The Kier molecular flexibility index (Phi) is 12.1. The molecule has 1 spiro atoms. The summed E-state index contributed by atoms with van der Waals surface area (Å²) in [6, 6.07) is 8.48. The number of anilines is 2. The molecule has 0 radical (unpaired) electrons. The molecule has 5 aliphatic heterocycles. The summed E-state index contributed by atoms with van der Waals surface area (Å²) in [6.07, 6.45) is 3.94. The van der Waals surface area contributed by atoms with Crippen LogP contribution >= 0.6 is 0 Å². The number of fused-ring (bicyclic) bond motifs is 5. The van der Waals surface area contributed by atoms with Gasteiger partial charge in [-0.05, 0) is 105 Å². The Hall–Kier alpha value is -5.55. The lowest BCUT2D eigenvalue weighted by molar-refractivity contribution is -0.137. The molecule has 3 aromatic carbocycles. The van der Waals surface area contributed by atoms with E-state index in [1.54, 1.807) is 30.2 Å². The molecule has 2 unspecified atom stereocenters. The fourth-order valence-electron chi connectivity index (χ4n) is 11.3. The van der Waals surface area contributed by atoms with Crippen molar-refractivity contribution in [3.63, 3.8) is 0 Å². The SMILES string of the molecule is CC(=O)CN1CC2(CC(Nc3cc(F)c([C@@H]4c5ccc6[nH]ncc6c5CC(C)N4CC(F)F)c(F)c3)C2)C1.CCCN1c2cc3c(cc2OC[C@@H]1CC)C(=O)N(C1CCC(=O)NC1=O)C3. The normalized spacial score (nSPS) is 23.9. The summed E-state index contributed by atoms with van der Waals surface area (Å²) in [5, 5.41) is 13.4. The van der Waals surface area contributed by atoms with Gasteiger partial charge in [0.25, 0.3) is 12.3 Å². The van der Waals surface area contributed by atoms with Gasteiger partial charge in [-0.3, -0.25) is 39.4 Å². The highest BCUT2D eigenvalue weighted by Gasteiger charge is 2.52. The van der Waals surface area contributed by atoms with Crippen molar-refractivity contribution in [1.82, 2.24) is 30.2 Å². The summed E-state index contributed by atoms with van der Waals surface area (Å²) in [4.78, 5) is 55.4.